The molecule has 1 atom stereocenters. The first kappa shape index (κ1) is 20.0. The highest BCUT2D eigenvalue weighted by Crippen LogP contribution is 2.34. The number of aryl methyl sites for hydroxylation is 1. The van der Waals surface area contributed by atoms with E-state index in [2.05, 4.69) is 10.1 Å². The first-order chi connectivity index (χ1) is 14.4. The number of carbonyl (C=O) groups excluding carboxylic acids is 1. The summed E-state index contributed by atoms with van der Waals surface area (Å²) in [6.07, 6.45) is 2.45. The number of rotatable bonds is 4. The normalized spacial score (nSPS) is 16.5. The minimum Gasteiger partial charge on any atom is -0.337 e. The first-order valence-electron chi connectivity index (χ1n) is 9.59. The van der Waals surface area contributed by atoms with E-state index in [0.29, 0.717) is 24.7 Å². The Morgan fingerprint density at radius 3 is 2.83 bits per heavy atom. The third kappa shape index (κ3) is 3.91. The van der Waals surface area contributed by atoms with Crippen molar-refractivity contribution in [3.05, 3.63) is 74.6 Å². The summed E-state index contributed by atoms with van der Waals surface area (Å²) in [4.78, 5) is 29.8. The van der Waals surface area contributed by atoms with Crippen LogP contribution < -0.4 is 0 Å². The third-order valence-corrected chi connectivity index (χ3v) is 5.47. The first-order valence-corrected chi connectivity index (χ1v) is 9.97. The maximum atomic E-state index is 13.2. The quantitative estimate of drug-likeness (QED) is 0.431. The Hall–Kier alpha value is -3.26. The second-order valence-electron chi connectivity index (χ2n) is 7.26. The third-order valence-electron chi connectivity index (χ3n) is 5.16. The molecule has 4 rings (SSSR count). The number of aromatic nitrogens is 2. The molecule has 1 amide bonds. The topological polar surface area (TPSA) is 102 Å². The van der Waals surface area contributed by atoms with E-state index < -0.39 is 4.92 Å². The summed E-state index contributed by atoms with van der Waals surface area (Å²) in [5.41, 5.74) is 1.98. The molecule has 1 fully saturated rings. The van der Waals surface area contributed by atoms with Crippen LogP contribution in [0.1, 0.15) is 47.1 Å². The molecule has 0 spiro atoms. The number of carbonyl (C=O) groups is 1. The summed E-state index contributed by atoms with van der Waals surface area (Å²) in [6.45, 7) is 2.50. The molecule has 1 saturated heterocycles. The molecule has 2 aromatic carbocycles. The van der Waals surface area contributed by atoms with Crippen molar-refractivity contribution in [3.63, 3.8) is 0 Å². The van der Waals surface area contributed by atoms with Gasteiger partial charge >= 0.3 is 0 Å². The molecule has 0 saturated carbocycles. The molecular formula is C21H19ClN4O4. The summed E-state index contributed by atoms with van der Waals surface area (Å²) in [5, 5.41) is 15.1. The Morgan fingerprint density at radius 1 is 1.27 bits per heavy atom. The molecule has 1 unspecified atom stereocenters. The Morgan fingerprint density at radius 2 is 2.10 bits per heavy atom. The van der Waals surface area contributed by atoms with E-state index in [1.54, 1.807) is 4.90 Å². The van der Waals surface area contributed by atoms with Crippen LogP contribution in [0.5, 0.6) is 0 Å². The number of hydrogen-bond acceptors (Lipinski definition) is 6. The summed E-state index contributed by atoms with van der Waals surface area (Å²) in [7, 11) is 0. The fourth-order valence-corrected chi connectivity index (χ4v) is 3.90. The second-order valence-corrected chi connectivity index (χ2v) is 7.66. The predicted molar refractivity (Wildman–Crippen MR) is 110 cm³/mol. The van der Waals surface area contributed by atoms with Gasteiger partial charge in [0.1, 0.15) is 6.04 Å². The Kier molecular flexibility index (Phi) is 5.50. The van der Waals surface area contributed by atoms with Crippen molar-refractivity contribution in [2.45, 2.75) is 32.2 Å². The summed E-state index contributed by atoms with van der Waals surface area (Å²) < 4.78 is 5.52. The predicted octanol–water partition coefficient (Wildman–Crippen LogP) is 4.97. The molecule has 8 nitrogen and oxygen atoms in total. The zero-order chi connectivity index (χ0) is 21.3. The van der Waals surface area contributed by atoms with E-state index in [4.69, 9.17) is 16.1 Å². The lowest BCUT2D eigenvalue weighted by atomic mass is 10.0. The molecule has 1 aliphatic heterocycles. The van der Waals surface area contributed by atoms with Crippen molar-refractivity contribution < 1.29 is 14.2 Å². The van der Waals surface area contributed by atoms with Crippen LogP contribution in [0.4, 0.5) is 5.69 Å². The lowest BCUT2D eigenvalue weighted by Gasteiger charge is -2.33. The van der Waals surface area contributed by atoms with E-state index in [0.717, 1.165) is 24.0 Å². The van der Waals surface area contributed by atoms with Crippen molar-refractivity contribution in [1.29, 1.82) is 0 Å². The Bertz CT molecular complexity index is 1110. The molecule has 9 heteroatoms. The summed E-state index contributed by atoms with van der Waals surface area (Å²) in [6, 6.07) is 11.3. The van der Waals surface area contributed by atoms with Gasteiger partial charge in [0, 0.05) is 24.2 Å². The molecule has 30 heavy (non-hydrogen) atoms. The minimum absolute atomic E-state index is 0.0458. The van der Waals surface area contributed by atoms with Crippen LogP contribution >= 0.6 is 11.6 Å². The number of hydrogen-bond donors (Lipinski definition) is 0. The molecule has 1 aliphatic rings. The molecule has 3 aromatic rings. The summed E-state index contributed by atoms with van der Waals surface area (Å²) >= 11 is 6.18. The van der Waals surface area contributed by atoms with Gasteiger partial charge in [-0.25, -0.2) is 0 Å². The van der Waals surface area contributed by atoms with Crippen LogP contribution in [-0.4, -0.2) is 32.4 Å². The largest absolute Gasteiger partial charge is 0.337 e. The lowest BCUT2D eigenvalue weighted by molar-refractivity contribution is -0.384. The van der Waals surface area contributed by atoms with Crippen LogP contribution in [0.25, 0.3) is 11.4 Å². The number of piperidine rings is 1. The number of benzene rings is 2. The Labute approximate surface area is 177 Å². The van der Waals surface area contributed by atoms with E-state index in [9.17, 15) is 14.9 Å². The van der Waals surface area contributed by atoms with Gasteiger partial charge in [-0.15, -0.1) is 0 Å². The van der Waals surface area contributed by atoms with Crippen LogP contribution in [0.2, 0.25) is 5.02 Å². The number of halogens is 1. The molecule has 0 bridgehead atoms. The van der Waals surface area contributed by atoms with Crippen molar-refractivity contribution in [2.24, 2.45) is 0 Å². The van der Waals surface area contributed by atoms with Gasteiger partial charge in [-0.3, -0.25) is 14.9 Å². The van der Waals surface area contributed by atoms with Crippen LogP contribution in [0.3, 0.4) is 0 Å². The minimum atomic E-state index is -0.547. The highest BCUT2D eigenvalue weighted by molar-refractivity contribution is 6.34. The SMILES string of the molecule is Cc1cccc(-c2noc(C3CCCCN3C(=O)c3ccc([N+](=O)[O-])cc3Cl)n2)c1. The van der Waals surface area contributed by atoms with Gasteiger partial charge in [0.05, 0.1) is 15.5 Å². The average Bonchev–Trinajstić information content (AvgIpc) is 3.23. The molecule has 1 aromatic heterocycles. The number of nitro benzene ring substituents is 1. The standard InChI is InChI=1S/C21H19ClN4O4/c1-13-5-4-6-14(11-13)19-23-20(30-24-19)18-7-2-3-10-25(18)21(27)16-9-8-15(26(28)29)12-17(16)22/h4-6,8-9,11-12,18H,2-3,7,10H2,1H3. The second kappa shape index (κ2) is 8.23. The van der Waals surface area contributed by atoms with Gasteiger partial charge in [-0.1, -0.05) is 40.5 Å². The van der Waals surface area contributed by atoms with Gasteiger partial charge in [-0.05, 0) is 38.3 Å². The van der Waals surface area contributed by atoms with Crippen molar-refractivity contribution in [3.8, 4) is 11.4 Å². The molecule has 0 N–H and O–H groups in total. The fraction of sp³-hybridized carbons (Fsp3) is 0.286. The smallest absolute Gasteiger partial charge is 0.270 e. The Balaban J connectivity index is 1.62. The molecule has 154 valence electrons. The number of amides is 1. The fourth-order valence-electron chi connectivity index (χ4n) is 3.65. The van der Waals surface area contributed by atoms with Crippen molar-refractivity contribution in [1.82, 2.24) is 15.0 Å². The number of likely N-dealkylation sites (tertiary alicyclic amines) is 1. The zero-order valence-corrected chi connectivity index (χ0v) is 17.0. The van der Waals surface area contributed by atoms with Crippen LogP contribution in [0.15, 0.2) is 47.0 Å². The summed E-state index contributed by atoms with van der Waals surface area (Å²) in [5.74, 6) is 0.535. The molecule has 2 heterocycles. The van der Waals surface area contributed by atoms with Crippen LogP contribution in [-0.2, 0) is 0 Å². The lowest BCUT2D eigenvalue weighted by Crippen LogP contribution is -2.38. The number of nitro groups is 1. The van der Waals surface area contributed by atoms with E-state index >= 15 is 0 Å². The highest BCUT2D eigenvalue weighted by Gasteiger charge is 2.33. The molecular weight excluding hydrogens is 408 g/mol. The molecule has 0 aliphatic carbocycles. The van der Waals surface area contributed by atoms with E-state index in [-0.39, 0.29) is 28.2 Å². The van der Waals surface area contributed by atoms with Gasteiger partial charge in [0.15, 0.2) is 0 Å². The number of non-ortho nitro benzene ring substituents is 1. The average molecular weight is 427 g/mol. The molecule has 0 radical (unpaired) electrons. The van der Waals surface area contributed by atoms with Gasteiger partial charge < -0.3 is 9.42 Å². The van der Waals surface area contributed by atoms with Gasteiger partial charge in [-0.2, -0.15) is 4.98 Å². The van der Waals surface area contributed by atoms with E-state index in [1.165, 1.54) is 18.2 Å². The van der Waals surface area contributed by atoms with E-state index in [1.807, 2.05) is 31.2 Å². The van der Waals surface area contributed by atoms with Gasteiger partial charge in [0.2, 0.25) is 11.7 Å². The zero-order valence-electron chi connectivity index (χ0n) is 16.2. The van der Waals surface area contributed by atoms with Gasteiger partial charge in [0.25, 0.3) is 11.6 Å². The maximum absolute atomic E-state index is 13.2. The maximum Gasteiger partial charge on any atom is 0.270 e. The monoisotopic (exact) mass is 426 g/mol. The van der Waals surface area contributed by atoms with Crippen molar-refractivity contribution in [2.75, 3.05) is 6.54 Å². The van der Waals surface area contributed by atoms with Crippen LogP contribution in [0, 0.1) is 17.0 Å². The highest BCUT2D eigenvalue weighted by atomic mass is 35.5. The number of nitrogens with zero attached hydrogens (tertiary/aromatic N) is 4. The van der Waals surface area contributed by atoms with Crippen molar-refractivity contribution >= 4 is 23.2 Å².